The standard InChI is InChI=1S/C17H14N6O/c1-10-3-2-4-13-14(10)19-16-15(13)21-23-17(20-16)22-18-9-11-5-7-12(24)8-6-11/h2-9,24H,1H3,(H2,19,20,22,23)/b18-9-. The Balaban J connectivity index is 1.62. The third kappa shape index (κ3) is 2.52. The van der Waals surface area contributed by atoms with E-state index in [1.54, 1.807) is 30.5 Å². The van der Waals surface area contributed by atoms with Crippen molar-refractivity contribution in [1.82, 2.24) is 20.2 Å². The van der Waals surface area contributed by atoms with E-state index in [2.05, 4.69) is 30.7 Å². The van der Waals surface area contributed by atoms with Crippen LogP contribution in [0.1, 0.15) is 11.1 Å². The van der Waals surface area contributed by atoms with E-state index < -0.39 is 0 Å². The lowest BCUT2D eigenvalue weighted by Crippen LogP contribution is -1.98. The van der Waals surface area contributed by atoms with Gasteiger partial charge in [0.25, 0.3) is 5.95 Å². The van der Waals surface area contributed by atoms with Crippen LogP contribution in [-0.2, 0) is 0 Å². The zero-order chi connectivity index (χ0) is 16.5. The van der Waals surface area contributed by atoms with Crippen LogP contribution in [0, 0.1) is 6.92 Å². The molecule has 2 aromatic carbocycles. The number of aromatic hydroxyl groups is 1. The molecular formula is C17H14N6O. The van der Waals surface area contributed by atoms with Crippen molar-refractivity contribution in [3.63, 3.8) is 0 Å². The largest absolute Gasteiger partial charge is 0.508 e. The summed E-state index contributed by atoms with van der Waals surface area (Å²) in [5.41, 5.74) is 7.15. The summed E-state index contributed by atoms with van der Waals surface area (Å²) in [5.74, 6) is 0.522. The lowest BCUT2D eigenvalue weighted by Gasteiger charge is -1.97. The molecular weight excluding hydrogens is 304 g/mol. The monoisotopic (exact) mass is 318 g/mol. The van der Waals surface area contributed by atoms with Crippen molar-refractivity contribution in [2.45, 2.75) is 6.92 Å². The predicted octanol–water partition coefficient (Wildman–Crippen LogP) is 2.97. The molecule has 0 amide bonds. The zero-order valence-corrected chi connectivity index (χ0v) is 12.9. The van der Waals surface area contributed by atoms with E-state index in [-0.39, 0.29) is 5.75 Å². The molecule has 24 heavy (non-hydrogen) atoms. The number of phenols is 1. The van der Waals surface area contributed by atoms with Crippen LogP contribution in [0.15, 0.2) is 47.6 Å². The molecule has 0 spiro atoms. The van der Waals surface area contributed by atoms with E-state index in [0.717, 1.165) is 27.5 Å². The van der Waals surface area contributed by atoms with E-state index in [1.807, 2.05) is 25.1 Å². The second-order valence-corrected chi connectivity index (χ2v) is 5.42. The highest BCUT2D eigenvalue weighted by Crippen LogP contribution is 2.24. The number of fused-ring (bicyclic) bond motifs is 3. The average molecular weight is 318 g/mol. The predicted molar refractivity (Wildman–Crippen MR) is 93.3 cm³/mol. The number of anilines is 1. The van der Waals surface area contributed by atoms with Crippen LogP contribution in [0.5, 0.6) is 5.75 Å². The van der Waals surface area contributed by atoms with Gasteiger partial charge in [-0.2, -0.15) is 10.1 Å². The number of hydrogen-bond acceptors (Lipinski definition) is 6. The molecule has 7 nitrogen and oxygen atoms in total. The molecule has 0 fully saturated rings. The molecule has 3 N–H and O–H groups in total. The Morgan fingerprint density at radius 1 is 1.12 bits per heavy atom. The number of hydrazone groups is 1. The van der Waals surface area contributed by atoms with Gasteiger partial charge in [-0.25, -0.2) is 5.43 Å². The highest BCUT2D eigenvalue weighted by Gasteiger charge is 2.09. The molecule has 0 aliphatic carbocycles. The van der Waals surface area contributed by atoms with Gasteiger partial charge in [-0.3, -0.25) is 0 Å². The third-order valence-electron chi connectivity index (χ3n) is 3.73. The summed E-state index contributed by atoms with van der Waals surface area (Å²) < 4.78 is 0. The molecule has 2 aromatic heterocycles. The van der Waals surface area contributed by atoms with Crippen LogP contribution in [0.25, 0.3) is 22.1 Å². The Bertz CT molecular complexity index is 1050. The second kappa shape index (κ2) is 5.62. The Hall–Kier alpha value is -3.48. The van der Waals surface area contributed by atoms with Gasteiger partial charge in [-0.15, -0.1) is 10.2 Å². The second-order valence-electron chi connectivity index (χ2n) is 5.42. The van der Waals surface area contributed by atoms with Gasteiger partial charge in [-0.1, -0.05) is 18.2 Å². The first-order chi connectivity index (χ1) is 11.7. The molecule has 0 unspecified atom stereocenters. The number of benzene rings is 2. The zero-order valence-electron chi connectivity index (χ0n) is 12.9. The van der Waals surface area contributed by atoms with Crippen molar-refractivity contribution in [2.75, 3.05) is 5.43 Å². The molecule has 0 saturated carbocycles. The van der Waals surface area contributed by atoms with E-state index >= 15 is 0 Å². The fourth-order valence-electron chi connectivity index (χ4n) is 2.52. The summed E-state index contributed by atoms with van der Waals surface area (Å²) in [6.07, 6.45) is 1.61. The van der Waals surface area contributed by atoms with Gasteiger partial charge in [0.15, 0.2) is 5.65 Å². The van der Waals surface area contributed by atoms with E-state index in [9.17, 15) is 5.11 Å². The molecule has 4 aromatic rings. The van der Waals surface area contributed by atoms with Gasteiger partial charge in [0.2, 0.25) is 0 Å². The molecule has 2 heterocycles. The van der Waals surface area contributed by atoms with Crippen molar-refractivity contribution >= 4 is 34.2 Å². The van der Waals surface area contributed by atoms with E-state index in [0.29, 0.717) is 11.6 Å². The number of aromatic nitrogens is 4. The number of H-pyrrole nitrogens is 1. The molecule has 0 atom stereocenters. The lowest BCUT2D eigenvalue weighted by atomic mass is 10.1. The smallest absolute Gasteiger partial charge is 0.265 e. The van der Waals surface area contributed by atoms with E-state index in [1.165, 1.54) is 0 Å². The first kappa shape index (κ1) is 14.1. The number of aryl methyl sites for hydroxylation is 1. The fourth-order valence-corrected chi connectivity index (χ4v) is 2.52. The SMILES string of the molecule is Cc1cccc2c1[nH]c1nc(N/N=C\c3ccc(O)cc3)nnc12. The van der Waals surface area contributed by atoms with Crippen LogP contribution in [0.3, 0.4) is 0 Å². The number of para-hydroxylation sites is 1. The number of rotatable bonds is 3. The van der Waals surface area contributed by atoms with Crippen LogP contribution in [-0.4, -0.2) is 31.5 Å². The lowest BCUT2D eigenvalue weighted by molar-refractivity contribution is 0.475. The van der Waals surface area contributed by atoms with Gasteiger partial charge in [-0.05, 0) is 42.3 Å². The first-order valence-electron chi connectivity index (χ1n) is 7.40. The van der Waals surface area contributed by atoms with Gasteiger partial charge < -0.3 is 10.1 Å². The normalized spacial score (nSPS) is 11.5. The number of aromatic amines is 1. The molecule has 0 radical (unpaired) electrons. The number of phenolic OH excluding ortho intramolecular Hbond substituents is 1. The first-order valence-corrected chi connectivity index (χ1v) is 7.40. The summed E-state index contributed by atoms with van der Waals surface area (Å²) in [4.78, 5) is 7.67. The van der Waals surface area contributed by atoms with Crippen molar-refractivity contribution in [3.8, 4) is 5.75 Å². The topological polar surface area (TPSA) is 99.1 Å². The minimum absolute atomic E-state index is 0.215. The number of nitrogens with one attached hydrogen (secondary N) is 2. The summed E-state index contributed by atoms with van der Waals surface area (Å²) in [6, 6.07) is 12.7. The maximum Gasteiger partial charge on any atom is 0.265 e. The Morgan fingerprint density at radius 2 is 1.96 bits per heavy atom. The molecule has 0 aliphatic heterocycles. The Morgan fingerprint density at radius 3 is 2.79 bits per heavy atom. The molecule has 7 heteroatoms. The van der Waals surface area contributed by atoms with Gasteiger partial charge in [0.1, 0.15) is 11.3 Å². The third-order valence-corrected chi connectivity index (χ3v) is 3.73. The molecule has 0 saturated heterocycles. The molecule has 0 bridgehead atoms. The van der Waals surface area contributed by atoms with Gasteiger partial charge >= 0.3 is 0 Å². The van der Waals surface area contributed by atoms with Crippen LogP contribution < -0.4 is 5.43 Å². The summed E-state index contributed by atoms with van der Waals surface area (Å²) in [6.45, 7) is 2.03. The van der Waals surface area contributed by atoms with Crippen molar-refractivity contribution < 1.29 is 5.11 Å². The van der Waals surface area contributed by atoms with Crippen LogP contribution >= 0.6 is 0 Å². The van der Waals surface area contributed by atoms with Crippen LogP contribution in [0.2, 0.25) is 0 Å². The minimum atomic E-state index is 0.215. The molecule has 0 aliphatic rings. The van der Waals surface area contributed by atoms with Gasteiger partial charge in [0, 0.05) is 5.39 Å². The van der Waals surface area contributed by atoms with Crippen molar-refractivity contribution in [3.05, 3.63) is 53.6 Å². The van der Waals surface area contributed by atoms with Crippen molar-refractivity contribution in [1.29, 1.82) is 0 Å². The highest BCUT2D eigenvalue weighted by atomic mass is 16.3. The minimum Gasteiger partial charge on any atom is -0.508 e. The number of hydrogen-bond donors (Lipinski definition) is 3. The maximum atomic E-state index is 9.25. The summed E-state index contributed by atoms with van der Waals surface area (Å²) in [7, 11) is 0. The molecule has 4 rings (SSSR count). The van der Waals surface area contributed by atoms with Gasteiger partial charge in [0.05, 0.1) is 11.7 Å². The average Bonchev–Trinajstić information content (AvgIpc) is 2.96. The number of nitrogens with zero attached hydrogens (tertiary/aromatic N) is 4. The van der Waals surface area contributed by atoms with E-state index in [4.69, 9.17) is 0 Å². The fraction of sp³-hybridized carbons (Fsp3) is 0.0588. The van der Waals surface area contributed by atoms with Crippen LogP contribution in [0.4, 0.5) is 5.95 Å². The Labute approximate surface area is 137 Å². The van der Waals surface area contributed by atoms with Crippen molar-refractivity contribution in [2.24, 2.45) is 5.10 Å². The summed E-state index contributed by atoms with van der Waals surface area (Å²) >= 11 is 0. The highest BCUT2D eigenvalue weighted by molar-refractivity contribution is 6.04. The Kier molecular flexibility index (Phi) is 3.31. The summed E-state index contributed by atoms with van der Waals surface area (Å²) in [5, 5.41) is 22.6. The maximum absolute atomic E-state index is 9.25. The quantitative estimate of drug-likeness (QED) is 0.398. The molecule has 118 valence electrons.